The first kappa shape index (κ1) is 13.8. The molecule has 0 radical (unpaired) electrons. The molecular formula is C12H14BrN5O. The predicted octanol–water partition coefficient (Wildman–Crippen LogP) is 1.23. The molecule has 2 aromatic heterocycles. The quantitative estimate of drug-likeness (QED) is 0.774. The average molecular weight is 324 g/mol. The van der Waals surface area contributed by atoms with Crippen molar-refractivity contribution in [1.29, 1.82) is 0 Å². The van der Waals surface area contributed by atoms with Gasteiger partial charge in [-0.25, -0.2) is 9.97 Å². The Labute approximate surface area is 119 Å². The van der Waals surface area contributed by atoms with Gasteiger partial charge in [0, 0.05) is 12.7 Å². The molecule has 0 saturated carbocycles. The maximum atomic E-state index is 12.4. The maximum Gasteiger partial charge on any atom is 0.230 e. The molecule has 0 atom stereocenters. The number of carbonyl (C=O) groups excluding carboxylic acids is 1. The molecule has 0 fully saturated rings. The number of hydrogen-bond acceptors (Lipinski definition) is 5. The monoisotopic (exact) mass is 323 g/mol. The molecule has 0 aromatic carbocycles. The number of carbonyl (C=O) groups is 1. The Hall–Kier alpha value is -1.60. The Morgan fingerprint density at radius 1 is 1.47 bits per heavy atom. The third-order valence-electron chi connectivity index (χ3n) is 2.58. The van der Waals surface area contributed by atoms with Crippen LogP contribution >= 0.6 is 15.9 Å². The third-order valence-corrected chi connectivity index (χ3v) is 3.16. The van der Waals surface area contributed by atoms with Gasteiger partial charge in [0.1, 0.15) is 17.7 Å². The molecule has 100 valence electrons. The van der Waals surface area contributed by atoms with E-state index < -0.39 is 0 Å². The lowest BCUT2D eigenvalue weighted by molar-refractivity contribution is 0.102. The van der Waals surface area contributed by atoms with Crippen molar-refractivity contribution in [3.63, 3.8) is 0 Å². The Morgan fingerprint density at radius 3 is 2.89 bits per heavy atom. The van der Waals surface area contributed by atoms with Gasteiger partial charge in [-0.05, 0) is 36.1 Å². The minimum Gasteiger partial charge on any atom is -0.308 e. The van der Waals surface area contributed by atoms with E-state index in [1.165, 1.54) is 6.33 Å². The topological polar surface area (TPSA) is 63.9 Å². The number of aromatic nitrogens is 4. The van der Waals surface area contributed by atoms with Gasteiger partial charge >= 0.3 is 0 Å². The van der Waals surface area contributed by atoms with Crippen LogP contribution in [0.4, 0.5) is 0 Å². The van der Waals surface area contributed by atoms with E-state index in [1.54, 1.807) is 23.1 Å². The van der Waals surface area contributed by atoms with Crippen LogP contribution in [-0.4, -0.2) is 51.1 Å². The van der Waals surface area contributed by atoms with Crippen molar-refractivity contribution >= 4 is 21.7 Å². The molecule has 2 heterocycles. The van der Waals surface area contributed by atoms with Gasteiger partial charge in [-0.1, -0.05) is 0 Å². The van der Waals surface area contributed by atoms with Crippen molar-refractivity contribution in [2.75, 3.05) is 20.6 Å². The normalized spacial score (nSPS) is 10.9. The van der Waals surface area contributed by atoms with E-state index >= 15 is 0 Å². The summed E-state index contributed by atoms with van der Waals surface area (Å²) < 4.78 is 2.36. The number of hydrogen-bond donors (Lipinski definition) is 0. The van der Waals surface area contributed by atoms with Crippen LogP contribution < -0.4 is 0 Å². The molecule has 0 spiro atoms. The summed E-state index contributed by atoms with van der Waals surface area (Å²) in [6, 6.07) is 1.60. The first-order valence-corrected chi connectivity index (χ1v) is 6.55. The fourth-order valence-electron chi connectivity index (χ4n) is 1.60. The molecule has 0 aliphatic carbocycles. The van der Waals surface area contributed by atoms with E-state index in [1.807, 2.05) is 19.0 Å². The van der Waals surface area contributed by atoms with Crippen LogP contribution in [0.3, 0.4) is 0 Å². The van der Waals surface area contributed by atoms with Crippen molar-refractivity contribution in [1.82, 2.24) is 24.6 Å². The predicted molar refractivity (Wildman–Crippen MR) is 73.9 cm³/mol. The standard InChI is InChI=1S/C12H14BrN5O/c1-17(2)5-6-18-11(9(13)7-16-18)12(19)10-3-4-14-8-15-10/h3-4,7-8H,5-6H2,1-2H3. The zero-order valence-electron chi connectivity index (χ0n) is 10.7. The summed E-state index contributed by atoms with van der Waals surface area (Å²) in [4.78, 5) is 22.2. The largest absolute Gasteiger partial charge is 0.308 e. The number of rotatable bonds is 5. The SMILES string of the molecule is CN(C)CCn1ncc(Br)c1C(=O)c1ccncn1. The lowest BCUT2D eigenvalue weighted by Crippen LogP contribution is -2.22. The van der Waals surface area contributed by atoms with E-state index in [4.69, 9.17) is 0 Å². The minimum atomic E-state index is -0.162. The fourth-order valence-corrected chi connectivity index (χ4v) is 2.08. The van der Waals surface area contributed by atoms with Crippen molar-refractivity contribution in [3.05, 3.63) is 40.6 Å². The second-order valence-electron chi connectivity index (χ2n) is 4.29. The van der Waals surface area contributed by atoms with Crippen LogP contribution in [0.1, 0.15) is 16.2 Å². The van der Waals surface area contributed by atoms with Gasteiger partial charge in [-0.3, -0.25) is 9.48 Å². The second-order valence-corrected chi connectivity index (χ2v) is 5.15. The molecule has 0 bridgehead atoms. The Balaban J connectivity index is 2.29. The van der Waals surface area contributed by atoms with Gasteiger partial charge in [0.2, 0.25) is 5.78 Å². The summed E-state index contributed by atoms with van der Waals surface area (Å²) in [7, 11) is 3.95. The fraction of sp³-hybridized carbons (Fsp3) is 0.333. The van der Waals surface area contributed by atoms with Crippen LogP contribution in [0.25, 0.3) is 0 Å². The van der Waals surface area contributed by atoms with Crippen molar-refractivity contribution < 1.29 is 4.79 Å². The lowest BCUT2D eigenvalue weighted by atomic mass is 10.2. The average Bonchev–Trinajstić information content (AvgIpc) is 2.78. The molecule has 6 nitrogen and oxygen atoms in total. The molecule has 7 heteroatoms. The zero-order chi connectivity index (χ0) is 13.8. The van der Waals surface area contributed by atoms with Gasteiger partial charge in [0.15, 0.2) is 0 Å². The molecular weight excluding hydrogens is 310 g/mol. The van der Waals surface area contributed by atoms with Crippen LogP contribution in [0.15, 0.2) is 29.3 Å². The van der Waals surface area contributed by atoms with Gasteiger partial charge in [-0.15, -0.1) is 0 Å². The summed E-state index contributed by atoms with van der Waals surface area (Å²) in [6.45, 7) is 1.45. The second kappa shape index (κ2) is 6.03. The maximum absolute atomic E-state index is 12.4. The van der Waals surface area contributed by atoms with Gasteiger partial charge in [0.25, 0.3) is 0 Å². The summed E-state index contributed by atoms with van der Waals surface area (Å²) in [6.07, 6.45) is 4.54. The van der Waals surface area contributed by atoms with E-state index in [9.17, 15) is 4.79 Å². The molecule has 0 amide bonds. The van der Waals surface area contributed by atoms with E-state index in [0.29, 0.717) is 22.4 Å². The lowest BCUT2D eigenvalue weighted by Gasteiger charge is -2.11. The molecule has 2 rings (SSSR count). The highest BCUT2D eigenvalue weighted by atomic mass is 79.9. The molecule has 0 N–H and O–H groups in total. The summed E-state index contributed by atoms with van der Waals surface area (Å²) in [5, 5.41) is 4.21. The molecule has 0 unspecified atom stereocenters. The van der Waals surface area contributed by atoms with Crippen LogP contribution in [0, 0.1) is 0 Å². The molecule has 2 aromatic rings. The van der Waals surface area contributed by atoms with Crippen molar-refractivity contribution in [2.24, 2.45) is 0 Å². The Bertz CT molecular complexity index is 567. The smallest absolute Gasteiger partial charge is 0.230 e. The number of likely N-dealkylation sites (N-methyl/N-ethyl adjacent to an activating group) is 1. The molecule has 0 aliphatic rings. The van der Waals surface area contributed by atoms with Crippen LogP contribution in [0.2, 0.25) is 0 Å². The number of ketones is 1. The third kappa shape index (κ3) is 3.24. The molecule has 0 saturated heterocycles. The van der Waals surface area contributed by atoms with Gasteiger partial charge in [0.05, 0.1) is 17.2 Å². The van der Waals surface area contributed by atoms with E-state index in [2.05, 4.69) is 31.0 Å². The highest BCUT2D eigenvalue weighted by molar-refractivity contribution is 9.10. The van der Waals surface area contributed by atoms with Gasteiger partial charge in [-0.2, -0.15) is 5.10 Å². The molecule has 19 heavy (non-hydrogen) atoms. The first-order chi connectivity index (χ1) is 9.09. The first-order valence-electron chi connectivity index (χ1n) is 5.76. The van der Waals surface area contributed by atoms with E-state index in [-0.39, 0.29) is 5.78 Å². The summed E-state index contributed by atoms with van der Waals surface area (Å²) in [5.41, 5.74) is 0.878. The van der Waals surface area contributed by atoms with Crippen LogP contribution in [0.5, 0.6) is 0 Å². The number of halogens is 1. The highest BCUT2D eigenvalue weighted by Crippen LogP contribution is 2.19. The van der Waals surface area contributed by atoms with Crippen molar-refractivity contribution in [3.8, 4) is 0 Å². The minimum absolute atomic E-state index is 0.162. The summed E-state index contributed by atoms with van der Waals surface area (Å²) >= 11 is 3.36. The van der Waals surface area contributed by atoms with Gasteiger partial charge < -0.3 is 4.90 Å². The van der Waals surface area contributed by atoms with Crippen molar-refractivity contribution in [2.45, 2.75) is 6.54 Å². The van der Waals surface area contributed by atoms with Crippen LogP contribution in [-0.2, 0) is 6.54 Å². The summed E-state index contributed by atoms with van der Waals surface area (Å²) in [5.74, 6) is -0.162. The highest BCUT2D eigenvalue weighted by Gasteiger charge is 2.19. The number of nitrogens with zero attached hydrogens (tertiary/aromatic N) is 5. The van der Waals surface area contributed by atoms with E-state index in [0.717, 1.165) is 6.54 Å². The molecule has 0 aliphatic heterocycles. The Morgan fingerprint density at radius 2 is 2.26 bits per heavy atom. The Kier molecular flexibility index (Phi) is 4.39. The zero-order valence-corrected chi connectivity index (χ0v) is 12.3.